The molecule has 0 bridgehead atoms. The van der Waals surface area contributed by atoms with Crippen LogP contribution in [0.15, 0.2) is 42.9 Å². The van der Waals surface area contributed by atoms with Gasteiger partial charge in [-0.25, -0.2) is 4.68 Å². The van der Waals surface area contributed by atoms with Gasteiger partial charge in [0.2, 0.25) is 0 Å². The minimum absolute atomic E-state index is 0.577. The quantitative estimate of drug-likeness (QED) is 0.696. The molecule has 0 aliphatic heterocycles. The van der Waals surface area contributed by atoms with E-state index < -0.39 is 0 Å². The Morgan fingerprint density at radius 3 is 2.94 bits per heavy atom. The first kappa shape index (κ1) is 10.2. The zero-order valence-corrected chi connectivity index (χ0v) is 9.67. The maximum absolute atomic E-state index is 6.22. The van der Waals surface area contributed by atoms with Crippen molar-refractivity contribution in [1.29, 1.82) is 0 Å². The molecule has 0 saturated heterocycles. The smallest absolute Gasteiger partial charge is 0.0767 e. The highest BCUT2D eigenvalue weighted by Crippen LogP contribution is 2.24. The number of hydrogen-bond donors (Lipinski definition) is 0. The standard InChI is InChI=1S/C12H9ClN4/c13-11-4-3-9-2-1-5-14-12(9)10(11)8-17-7-6-15-16-17/h1-7H,8H2. The van der Waals surface area contributed by atoms with E-state index in [2.05, 4.69) is 15.3 Å². The summed E-state index contributed by atoms with van der Waals surface area (Å²) in [5.74, 6) is 0. The molecule has 0 spiro atoms. The minimum Gasteiger partial charge on any atom is -0.256 e. The van der Waals surface area contributed by atoms with Gasteiger partial charge in [-0.05, 0) is 12.1 Å². The Labute approximate surface area is 103 Å². The van der Waals surface area contributed by atoms with Gasteiger partial charge in [0.1, 0.15) is 0 Å². The number of rotatable bonds is 2. The van der Waals surface area contributed by atoms with Crippen molar-refractivity contribution in [3.63, 3.8) is 0 Å². The van der Waals surface area contributed by atoms with E-state index in [9.17, 15) is 0 Å². The Hall–Kier alpha value is -1.94. The van der Waals surface area contributed by atoms with Crippen LogP contribution >= 0.6 is 11.6 Å². The zero-order valence-electron chi connectivity index (χ0n) is 8.92. The highest BCUT2D eigenvalue weighted by atomic mass is 35.5. The summed E-state index contributed by atoms with van der Waals surface area (Å²) in [6, 6.07) is 7.78. The number of hydrogen-bond acceptors (Lipinski definition) is 3. The van der Waals surface area contributed by atoms with E-state index in [1.807, 2.05) is 24.3 Å². The summed E-state index contributed by atoms with van der Waals surface area (Å²) in [6.07, 6.45) is 5.22. The van der Waals surface area contributed by atoms with Crippen LogP contribution in [0.2, 0.25) is 5.02 Å². The summed E-state index contributed by atoms with van der Waals surface area (Å²) in [5, 5.41) is 9.49. The predicted molar refractivity (Wildman–Crippen MR) is 65.9 cm³/mol. The van der Waals surface area contributed by atoms with Crippen molar-refractivity contribution >= 4 is 22.5 Å². The highest BCUT2D eigenvalue weighted by molar-refractivity contribution is 6.32. The van der Waals surface area contributed by atoms with E-state index in [0.717, 1.165) is 16.5 Å². The normalized spacial score (nSPS) is 10.9. The lowest BCUT2D eigenvalue weighted by atomic mass is 10.1. The van der Waals surface area contributed by atoms with Crippen molar-refractivity contribution in [1.82, 2.24) is 20.0 Å². The number of pyridine rings is 1. The molecule has 1 aromatic carbocycles. The molecular formula is C12H9ClN4. The molecule has 0 aliphatic carbocycles. The molecule has 5 heteroatoms. The molecule has 2 heterocycles. The number of aromatic nitrogens is 4. The Morgan fingerprint density at radius 2 is 2.12 bits per heavy atom. The van der Waals surface area contributed by atoms with Gasteiger partial charge in [0, 0.05) is 28.4 Å². The lowest BCUT2D eigenvalue weighted by molar-refractivity contribution is 0.652. The van der Waals surface area contributed by atoms with Crippen LogP contribution in [0.25, 0.3) is 10.9 Å². The largest absolute Gasteiger partial charge is 0.256 e. The SMILES string of the molecule is Clc1ccc2cccnc2c1Cn1ccnn1. The van der Waals surface area contributed by atoms with Gasteiger partial charge in [-0.1, -0.05) is 28.9 Å². The monoisotopic (exact) mass is 244 g/mol. The van der Waals surface area contributed by atoms with E-state index >= 15 is 0 Å². The van der Waals surface area contributed by atoms with E-state index in [1.165, 1.54) is 0 Å². The molecule has 0 amide bonds. The van der Waals surface area contributed by atoms with Gasteiger partial charge in [0.05, 0.1) is 18.3 Å². The number of benzene rings is 1. The second-order valence-corrected chi connectivity index (χ2v) is 4.11. The second kappa shape index (κ2) is 4.14. The fourth-order valence-corrected chi connectivity index (χ4v) is 2.02. The summed E-state index contributed by atoms with van der Waals surface area (Å²) in [5.41, 5.74) is 1.88. The van der Waals surface area contributed by atoms with Gasteiger partial charge in [-0.2, -0.15) is 0 Å². The number of fused-ring (bicyclic) bond motifs is 1. The number of nitrogens with zero attached hydrogens (tertiary/aromatic N) is 4. The maximum atomic E-state index is 6.22. The average Bonchev–Trinajstić information content (AvgIpc) is 2.86. The van der Waals surface area contributed by atoms with Crippen LogP contribution < -0.4 is 0 Å². The molecule has 17 heavy (non-hydrogen) atoms. The fourth-order valence-electron chi connectivity index (χ4n) is 1.81. The molecular weight excluding hydrogens is 236 g/mol. The van der Waals surface area contributed by atoms with E-state index in [4.69, 9.17) is 11.6 Å². The van der Waals surface area contributed by atoms with E-state index in [1.54, 1.807) is 23.3 Å². The van der Waals surface area contributed by atoms with Crippen molar-refractivity contribution in [2.24, 2.45) is 0 Å². The van der Waals surface area contributed by atoms with Gasteiger partial charge in [0.15, 0.2) is 0 Å². The second-order valence-electron chi connectivity index (χ2n) is 3.70. The lowest BCUT2D eigenvalue weighted by Gasteiger charge is -2.07. The summed E-state index contributed by atoms with van der Waals surface area (Å²) in [6.45, 7) is 0.577. The van der Waals surface area contributed by atoms with Crippen LogP contribution in [0.4, 0.5) is 0 Å². The van der Waals surface area contributed by atoms with Crippen LogP contribution in [0.1, 0.15) is 5.56 Å². The lowest BCUT2D eigenvalue weighted by Crippen LogP contribution is -2.02. The molecule has 0 atom stereocenters. The minimum atomic E-state index is 0.577. The average molecular weight is 245 g/mol. The van der Waals surface area contributed by atoms with Crippen molar-refractivity contribution < 1.29 is 0 Å². The van der Waals surface area contributed by atoms with Crippen molar-refractivity contribution in [3.05, 3.63) is 53.4 Å². The van der Waals surface area contributed by atoms with Crippen LogP contribution in [-0.4, -0.2) is 20.0 Å². The predicted octanol–water partition coefficient (Wildman–Crippen LogP) is 2.53. The highest BCUT2D eigenvalue weighted by Gasteiger charge is 2.08. The first-order valence-corrected chi connectivity index (χ1v) is 5.58. The summed E-state index contributed by atoms with van der Waals surface area (Å²) in [7, 11) is 0. The first-order chi connectivity index (χ1) is 8.34. The molecule has 0 saturated carbocycles. The fraction of sp³-hybridized carbons (Fsp3) is 0.0833. The molecule has 4 nitrogen and oxygen atoms in total. The van der Waals surface area contributed by atoms with Crippen molar-refractivity contribution in [3.8, 4) is 0 Å². The third kappa shape index (κ3) is 1.87. The first-order valence-electron chi connectivity index (χ1n) is 5.21. The zero-order chi connectivity index (χ0) is 11.7. The maximum Gasteiger partial charge on any atom is 0.0767 e. The number of halogens is 1. The Kier molecular flexibility index (Phi) is 2.49. The molecule has 0 radical (unpaired) electrons. The summed E-state index contributed by atoms with van der Waals surface area (Å²) < 4.78 is 1.73. The van der Waals surface area contributed by atoms with E-state index in [0.29, 0.717) is 11.6 Å². The Bertz CT molecular complexity index is 649. The van der Waals surface area contributed by atoms with Crippen LogP contribution in [0.5, 0.6) is 0 Å². The van der Waals surface area contributed by atoms with Crippen molar-refractivity contribution in [2.75, 3.05) is 0 Å². The van der Waals surface area contributed by atoms with Gasteiger partial charge < -0.3 is 0 Å². The Morgan fingerprint density at radius 1 is 1.18 bits per heavy atom. The van der Waals surface area contributed by atoms with Crippen LogP contribution in [0.3, 0.4) is 0 Å². The third-order valence-corrected chi connectivity index (χ3v) is 2.97. The molecule has 3 aromatic rings. The molecule has 2 aromatic heterocycles. The molecule has 84 valence electrons. The molecule has 0 N–H and O–H groups in total. The van der Waals surface area contributed by atoms with Crippen LogP contribution in [0, 0.1) is 0 Å². The van der Waals surface area contributed by atoms with E-state index in [-0.39, 0.29) is 0 Å². The Balaban J connectivity index is 2.17. The molecule has 3 rings (SSSR count). The topological polar surface area (TPSA) is 43.6 Å². The van der Waals surface area contributed by atoms with Crippen molar-refractivity contribution in [2.45, 2.75) is 6.54 Å². The molecule has 0 fully saturated rings. The van der Waals surface area contributed by atoms with Gasteiger partial charge >= 0.3 is 0 Å². The molecule has 0 aliphatic rings. The molecule has 0 unspecified atom stereocenters. The van der Waals surface area contributed by atoms with Gasteiger partial charge in [0.25, 0.3) is 0 Å². The summed E-state index contributed by atoms with van der Waals surface area (Å²) in [4.78, 5) is 4.38. The van der Waals surface area contributed by atoms with Gasteiger partial charge in [-0.15, -0.1) is 5.10 Å². The van der Waals surface area contributed by atoms with Crippen LogP contribution in [-0.2, 0) is 6.54 Å². The third-order valence-electron chi connectivity index (χ3n) is 2.61. The summed E-state index contributed by atoms with van der Waals surface area (Å²) >= 11 is 6.22. The van der Waals surface area contributed by atoms with Gasteiger partial charge in [-0.3, -0.25) is 4.98 Å².